The smallest absolute Gasteiger partial charge is 0.0506 e. The van der Waals surface area contributed by atoms with E-state index in [0.717, 1.165) is 37.6 Å². The molecular weight excluding hydrogens is 212 g/mol. The molecule has 3 nitrogen and oxygen atoms in total. The summed E-state index contributed by atoms with van der Waals surface area (Å²) in [5.41, 5.74) is 0. The maximum absolute atomic E-state index is 5.57. The van der Waals surface area contributed by atoms with E-state index in [0.29, 0.717) is 0 Å². The van der Waals surface area contributed by atoms with Gasteiger partial charge < -0.3 is 15.0 Å². The van der Waals surface area contributed by atoms with E-state index in [1.807, 2.05) is 0 Å². The summed E-state index contributed by atoms with van der Waals surface area (Å²) in [6.45, 7) is 11.4. The molecule has 2 heterocycles. The number of nitrogens with one attached hydrogen (secondary N) is 1. The highest BCUT2D eigenvalue weighted by molar-refractivity contribution is 4.83. The Labute approximate surface area is 106 Å². The first-order valence-electron chi connectivity index (χ1n) is 7.33. The highest BCUT2D eigenvalue weighted by Gasteiger charge is 2.27. The molecule has 0 aliphatic carbocycles. The second-order valence-corrected chi connectivity index (χ2v) is 5.77. The summed E-state index contributed by atoms with van der Waals surface area (Å²) in [5, 5.41) is 3.61. The zero-order valence-corrected chi connectivity index (χ0v) is 11.5. The molecular formula is C14H28N2O. The molecule has 2 saturated heterocycles. The molecule has 2 aliphatic rings. The predicted octanol–water partition coefficient (Wildman–Crippen LogP) is 1.73. The zero-order chi connectivity index (χ0) is 12.1. The summed E-state index contributed by atoms with van der Waals surface area (Å²) >= 11 is 0. The first-order chi connectivity index (χ1) is 8.29. The van der Waals surface area contributed by atoms with Gasteiger partial charge in [0.15, 0.2) is 0 Å². The fraction of sp³-hybridized carbons (Fsp3) is 1.00. The van der Waals surface area contributed by atoms with Crippen molar-refractivity contribution in [1.82, 2.24) is 10.2 Å². The molecule has 1 N–H and O–H groups in total. The Balaban J connectivity index is 1.72. The number of ether oxygens (including phenoxy) is 1. The molecule has 0 amide bonds. The van der Waals surface area contributed by atoms with Gasteiger partial charge >= 0.3 is 0 Å². The minimum absolute atomic E-state index is 0.735. The molecule has 0 aromatic heterocycles. The third-order valence-corrected chi connectivity index (χ3v) is 4.23. The lowest BCUT2D eigenvalue weighted by Gasteiger charge is -2.39. The summed E-state index contributed by atoms with van der Waals surface area (Å²) < 4.78 is 5.57. The minimum Gasteiger partial charge on any atom is -0.381 e. The van der Waals surface area contributed by atoms with Crippen LogP contribution in [0.2, 0.25) is 0 Å². The van der Waals surface area contributed by atoms with Crippen molar-refractivity contribution in [2.75, 3.05) is 39.4 Å². The lowest BCUT2D eigenvalue weighted by atomic mass is 9.92. The molecule has 0 bridgehead atoms. The SMILES string of the molecule is CCNC1CCN(CC2CCCOC2)CC1C. The van der Waals surface area contributed by atoms with Gasteiger partial charge in [-0.2, -0.15) is 0 Å². The van der Waals surface area contributed by atoms with Crippen molar-refractivity contribution >= 4 is 0 Å². The van der Waals surface area contributed by atoms with Crippen LogP contribution in [0.15, 0.2) is 0 Å². The van der Waals surface area contributed by atoms with Crippen LogP contribution in [0.5, 0.6) is 0 Å². The van der Waals surface area contributed by atoms with Gasteiger partial charge in [-0.15, -0.1) is 0 Å². The van der Waals surface area contributed by atoms with Crippen LogP contribution < -0.4 is 5.32 Å². The predicted molar refractivity (Wildman–Crippen MR) is 71.2 cm³/mol. The summed E-state index contributed by atoms with van der Waals surface area (Å²) in [7, 11) is 0. The molecule has 3 heteroatoms. The fourth-order valence-electron chi connectivity index (χ4n) is 3.28. The van der Waals surface area contributed by atoms with Crippen LogP contribution in [-0.4, -0.2) is 50.3 Å². The molecule has 2 fully saturated rings. The summed E-state index contributed by atoms with van der Waals surface area (Å²) in [4.78, 5) is 2.65. The van der Waals surface area contributed by atoms with Crippen LogP contribution in [0.4, 0.5) is 0 Å². The third-order valence-electron chi connectivity index (χ3n) is 4.23. The number of hydrogen-bond donors (Lipinski definition) is 1. The number of rotatable bonds is 4. The van der Waals surface area contributed by atoms with E-state index < -0.39 is 0 Å². The van der Waals surface area contributed by atoms with Gasteiger partial charge in [-0.3, -0.25) is 0 Å². The molecule has 0 saturated carbocycles. The summed E-state index contributed by atoms with van der Waals surface area (Å²) in [5.74, 6) is 1.57. The average molecular weight is 240 g/mol. The molecule has 3 unspecified atom stereocenters. The number of likely N-dealkylation sites (tertiary alicyclic amines) is 1. The van der Waals surface area contributed by atoms with Crippen molar-refractivity contribution in [1.29, 1.82) is 0 Å². The van der Waals surface area contributed by atoms with Crippen molar-refractivity contribution in [3.63, 3.8) is 0 Å². The topological polar surface area (TPSA) is 24.5 Å². The molecule has 0 radical (unpaired) electrons. The molecule has 0 aromatic carbocycles. The average Bonchev–Trinajstić information content (AvgIpc) is 2.34. The summed E-state index contributed by atoms with van der Waals surface area (Å²) in [6.07, 6.45) is 3.93. The standard InChI is InChI=1S/C14H28N2O/c1-3-15-14-6-7-16(9-12(14)2)10-13-5-4-8-17-11-13/h12-15H,3-11H2,1-2H3. The lowest BCUT2D eigenvalue weighted by Crippen LogP contribution is -2.49. The Bertz CT molecular complexity index is 216. The number of hydrogen-bond acceptors (Lipinski definition) is 3. The van der Waals surface area contributed by atoms with Gasteiger partial charge in [0, 0.05) is 25.7 Å². The van der Waals surface area contributed by atoms with Crippen molar-refractivity contribution in [2.24, 2.45) is 11.8 Å². The molecule has 3 atom stereocenters. The normalized spacial score (nSPS) is 36.0. The quantitative estimate of drug-likeness (QED) is 0.810. The first kappa shape index (κ1) is 13.3. The van der Waals surface area contributed by atoms with Crippen LogP contribution in [0, 0.1) is 11.8 Å². The van der Waals surface area contributed by atoms with Gasteiger partial charge in [0.05, 0.1) is 6.61 Å². The number of nitrogens with zero attached hydrogens (tertiary/aromatic N) is 1. The number of piperidine rings is 1. The maximum atomic E-state index is 5.57. The van der Waals surface area contributed by atoms with E-state index in [1.54, 1.807) is 0 Å². The molecule has 2 aliphatic heterocycles. The molecule has 2 rings (SSSR count). The van der Waals surface area contributed by atoms with Gasteiger partial charge in [-0.05, 0) is 44.2 Å². The van der Waals surface area contributed by atoms with Crippen molar-refractivity contribution < 1.29 is 4.74 Å². The Hall–Kier alpha value is -0.120. The second kappa shape index (κ2) is 6.72. The van der Waals surface area contributed by atoms with Crippen molar-refractivity contribution in [3.05, 3.63) is 0 Å². The Morgan fingerprint density at radius 3 is 2.88 bits per heavy atom. The molecule has 0 spiro atoms. The lowest BCUT2D eigenvalue weighted by molar-refractivity contribution is 0.0288. The molecule has 0 aromatic rings. The van der Waals surface area contributed by atoms with Gasteiger partial charge in [-0.25, -0.2) is 0 Å². The van der Waals surface area contributed by atoms with E-state index in [9.17, 15) is 0 Å². The van der Waals surface area contributed by atoms with Crippen LogP contribution in [0.3, 0.4) is 0 Å². The van der Waals surface area contributed by atoms with E-state index in [2.05, 4.69) is 24.1 Å². The fourth-order valence-corrected chi connectivity index (χ4v) is 3.28. The Morgan fingerprint density at radius 1 is 1.35 bits per heavy atom. The van der Waals surface area contributed by atoms with Crippen LogP contribution >= 0.6 is 0 Å². The van der Waals surface area contributed by atoms with E-state index in [4.69, 9.17) is 4.74 Å². The Morgan fingerprint density at radius 2 is 2.24 bits per heavy atom. The second-order valence-electron chi connectivity index (χ2n) is 5.77. The first-order valence-corrected chi connectivity index (χ1v) is 7.33. The van der Waals surface area contributed by atoms with Crippen LogP contribution in [-0.2, 0) is 4.74 Å². The Kier molecular flexibility index (Phi) is 5.26. The van der Waals surface area contributed by atoms with Gasteiger partial charge in [0.1, 0.15) is 0 Å². The molecule has 100 valence electrons. The summed E-state index contributed by atoms with van der Waals surface area (Å²) in [6, 6.07) is 0.735. The van der Waals surface area contributed by atoms with Gasteiger partial charge in [0.2, 0.25) is 0 Å². The van der Waals surface area contributed by atoms with Crippen molar-refractivity contribution in [3.8, 4) is 0 Å². The maximum Gasteiger partial charge on any atom is 0.0506 e. The van der Waals surface area contributed by atoms with E-state index in [1.165, 1.54) is 38.9 Å². The zero-order valence-electron chi connectivity index (χ0n) is 11.5. The highest BCUT2D eigenvalue weighted by Crippen LogP contribution is 2.21. The van der Waals surface area contributed by atoms with E-state index in [-0.39, 0.29) is 0 Å². The monoisotopic (exact) mass is 240 g/mol. The third kappa shape index (κ3) is 3.94. The minimum atomic E-state index is 0.735. The van der Waals surface area contributed by atoms with Crippen LogP contribution in [0.25, 0.3) is 0 Å². The highest BCUT2D eigenvalue weighted by atomic mass is 16.5. The van der Waals surface area contributed by atoms with Gasteiger partial charge in [-0.1, -0.05) is 13.8 Å². The van der Waals surface area contributed by atoms with Crippen molar-refractivity contribution in [2.45, 2.75) is 39.2 Å². The van der Waals surface area contributed by atoms with Gasteiger partial charge in [0.25, 0.3) is 0 Å². The van der Waals surface area contributed by atoms with Crippen LogP contribution in [0.1, 0.15) is 33.1 Å². The van der Waals surface area contributed by atoms with E-state index >= 15 is 0 Å². The molecule has 17 heavy (non-hydrogen) atoms. The largest absolute Gasteiger partial charge is 0.381 e.